The van der Waals surface area contributed by atoms with Gasteiger partial charge in [0.2, 0.25) is 11.5 Å². The molecule has 0 atom stereocenters. The molecule has 2 amide bonds. The van der Waals surface area contributed by atoms with Crippen LogP contribution in [-0.4, -0.2) is 243 Å². The lowest BCUT2D eigenvalue weighted by molar-refractivity contribution is -0.152. The van der Waals surface area contributed by atoms with E-state index in [1.165, 1.54) is 52.0 Å². The van der Waals surface area contributed by atoms with Crippen molar-refractivity contribution in [2.75, 3.05) is 209 Å². The first-order chi connectivity index (χ1) is 56.5. The number of ether oxygens (including phenoxy) is 20. The van der Waals surface area contributed by atoms with Gasteiger partial charge in [-0.1, -0.05) is 157 Å². The van der Waals surface area contributed by atoms with Crippen LogP contribution in [0.2, 0.25) is 0 Å². The van der Waals surface area contributed by atoms with Gasteiger partial charge in [0.05, 0.1) is 130 Å². The molecule has 666 valence electrons. The Hall–Kier alpha value is -6.54. The summed E-state index contributed by atoms with van der Waals surface area (Å²) < 4.78 is 121. The highest BCUT2D eigenvalue weighted by molar-refractivity contribution is 6.12. The topological polar surface area (TPSA) is 317 Å². The second kappa shape index (κ2) is 68.3. The summed E-state index contributed by atoms with van der Waals surface area (Å²) >= 11 is 0. The number of carbonyl (C=O) groups excluding carboxylic acids is 2. The van der Waals surface area contributed by atoms with E-state index < -0.39 is 46.5 Å². The van der Waals surface area contributed by atoms with E-state index in [2.05, 4.69) is 52.2 Å². The summed E-state index contributed by atoms with van der Waals surface area (Å²) in [6.07, 6.45) is 25.9. The van der Waals surface area contributed by atoms with Gasteiger partial charge < -0.3 is 116 Å². The molecule has 3 aromatic rings. The van der Waals surface area contributed by atoms with Crippen LogP contribution in [0, 0.1) is 0 Å². The number of carboxylic acids is 2. The van der Waals surface area contributed by atoms with Crippen LogP contribution in [0.5, 0.6) is 46.0 Å². The predicted octanol–water partition coefficient (Wildman–Crippen LogP) is 16.6. The second-order valence-electron chi connectivity index (χ2n) is 29.0. The van der Waals surface area contributed by atoms with Crippen molar-refractivity contribution in [2.24, 2.45) is 0 Å². The van der Waals surface area contributed by atoms with Crippen molar-refractivity contribution < 1.29 is 124 Å². The normalized spacial score (nSPS) is 11.6. The third kappa shape index (κ3) is 49.1. The fourth-order valence-corrected chi connectivity index (χ4v) is 11.1. The molecule has 3 rings (SSSR count). The third-order valence-corrected chi connectivity index (χ3v) is 17.9. The molecule has 28 heteroatoms. The smallest absolute Gasteiger partial charge is 0.347 e. The molecule has 4 N–H and O–H groups in total. The molecule has 3 aromatic carbocycles. The summed E-state index contributed by atoms with van der Waals surface area (Å²) in [6, 6.07) is 8.29. The molecule has 116 heavy (non-hydrogen) atoms. The molecule has 0 saturated heterocycles. The van der Waals surface area contributed by atoms with Gasteiger partial charge in [0.15, 0.2) is 34.2 Å². The number of amides is 2. The average molecular weight is 1650 g/mol. The Kier molecular flexibility index (Phi) is 61.0. The van der Waals surface area contributed by atoms with E-state index >= 15 is 9.59 Å². The first kappa shape index (κ1) is 104. The van der Waals surface area contributed by atoms with E-state index in [0.717, 1.165) is 166 Å². The fourth-order valence-electron chi connectivity index (χ4n) is 11.1. The summed E-state index contributed by atoms with van der Waals surface area (Å²) in [4.78, 5) is 56.8. The standard InChI is InChI=1S/C88H148N2O26/c1-11-17-23-29-35-97-41-47-103-53-59-109-77-65-71(66-78(110-60-54-104-48-42-98-36-30-24-18-12-2)81(77)113-63-57-107-51-45-101-39-33-27-21-15-5)89-83(91)73-69-74(76(116-88(9,10)86(95)96)70-75(73)115-87(7,8)85(93)94)84(92)90-72-67-79(111-61-55-105-49-43-99-37-31-25-19-13-3)82(114-64-58-108-52-46-102-40-34-28-22-16-6)80(68-72)112-62-56-106-50-44-100-38-32-26-20-14-4/h65-70H,11-64H2,1-10H3,(H,89,91)(H,90,92)(H,93,94)(H,95,96). The van der Waals surface area contributed by atoms with E-state index in [0.29, 0.717) is 119 Å². The van der Waals surface area contributed by atoms with Crippen LogP contribution in [0.15, 0.2) is 36.4 Å². The number of carboxylic acid groups (broad SMARTS) is 2. The van der Waals surface area contributed by atoms with Crippen LogP contribution in [0.1, 0.15) is 244 Å². The van der Waals surface area contributed by atoms with Crippen molar-refractivity contribution in [3.8, 4) is 46.0 Å². The molecule has 0 aliphatic rings. The maximum Gasteiger partial charge on any atom is 0.347 e. The van der Waals surface area contributed by atoms with Gasteiger partial charge in [-0.05, 0) is 72.3 Å². The van der Waals surface area contributed by atoms with Gasteiger partial charge in [-0.25, -0.2) is 9.59 Å². The highest BCUT2D eigenvalue weighted by Crippen LogP contribution is 2.44. The lowest BCUT2D eigenvalue weighted by Gasteiger charge is -2.27. The van der Waals surface area contributed by atoms with Crippen molar-refractivity contribution in [3.05, 3.63) is 47.5 Å². The van der Waals surface area contributed by atoms with E-state index in [1.807, 2.05) is 0 Å². The number of hydrogen-bond acceptors (Lipinski definition) is 24. The zero-order chi connectivity index (χ0) is 84.2. The number of carbonyl (C=O) groups is 4. The second-order valence-corrected chi connectivity index (χ2v) is 29.0. The van der Waals surface area contributed by atoms with Crippen LogP contribution in [0.25, 0.3) is 0 Å². The molecule has 0 unspecified atom stereocenters. The number of benzene rings is 3. The van der Waals surface area contributed by atoms with Crippen LogP contribution in [0.3, 0.4) is 0 Å². The molecular formula is C88H148N2O26. The number of nitrogens with one attached hydrogen (secondary N) is 2. The summed E-state index contributed by atoms with van der Waals surface area (Å²) in [6.45, 7) is 27.1. The van der Waals surface area contributed by atoms with E-state index in [9.17, 15) is 19.8 Å². The van der Waals surface area contributed by atoms with Crippen LogP contribution in [-0.2, 0) is 66.4 Å². The highest BCUT2D eigenvalue weighted by atomic mass is 16.6. The summed E-state index contributed by atoms with van der Waals surface area (Å²) in [5, 5.41) is 26.9. The summed E-state index contributed by atoms with van der Waals surface area (Å²) in [5.74, 6) is -4.68. The molecule has 0 saturated carbocycles. The predicted molar refractivity (Wildman–Crippen MR) is 448 cm³/mol. The molecule has 0 spiro atoms. The minimum Gasteiger partial charge on any atom is -0.487 e. The van der Waals surface area contributed by atoms with Gasteiger partial charge in [0, 0.05) is 81.3 Å². The van der Waals surface area contributed by atoms with E-state index in [-0.39, 0.29) is 136 Å². The molecule has 28 nitrogen and oxygen atoms in total. The first-order valence-corrected chi connectivity index (χ1v) is 43.2. The lowest BCUT2D eigenvalue weighted by atomic mass is 10.0. The Morgan fingerprint density at radius 2 is 0.448 bits per heavy atom. The molecule has 0 aliphatic heterocycles. The number of anilines is 2. The van der Waals surface area contributed by atoms with Gasteiger partial charge in [0.1, 0.15) is 51.1 Å². The van der Waals surface area contributed by atoms with Gasteiger partial charge in [-0.2, -0.15) is 0 Å². The maximum absolute atomic E-state index is 15.5. The molecule has 0 fully saturated rings. The maximum atomic E-state index is 15.5. The molecule has 0 heterocycles. The van der Waals surface area contributed by atoms with Crippen LogP contribution in [0.4, 0.5) is 11.4 Å². The van der Waals surface area contributed by atoms with E-state index in [1.54, 1.807) is 0 Å². The van der Waals surface area contributed by atoms with Crippen molar-refractivity contribution in [1.29, 1.82) is 0 Å². The Balaban J connectivity index is 2.25. The van der Waals surface area contributed by atoms with Gasteiger partial charge in [-0.15, -0.1) is 0 Å². The number of unbranched alkanes of at least 4 members (excludes halogenated alkanes) is 18. The largest absolute Gasteiger partial charge is 0.487 e. The van der Waals surface area contributed by atoms with Gasteiger partial charge >= 0.3 is 11.9 Å². The van der Waals surface area contributed by atoms with E-state index in [4.69, 9.17) is 94.7 Å². The zero-order valence-corrected chi connectivity index (χ0v) is 72.3. The zero-order valence-electron chi connectivity index (χ0n) is 72.3. The number of hydrogen-bond donors (Lipinski definition) is 4. The SMILES string of the molecule is CCCCCCOCCOCCOc1cc(NC(=O)c2cc(C(=O)Nc3cc(OCCOCCOCCCCCC)c(OCCOCCOCCCCCC)c(OCCOCCOCCCCCC)c3)c(OC(C)(C)C(=O)O)cc2OC(C)(C)C(=O)O)cc(OCCOCCOCCCCCC)c1OCCOCCOCCCCCC. The molecular weight excluding hydrogens is 1500 g/mol. The monoisotopic (exact) mass is 1650 g/mol. The average Bonchev–Trinajstić information content (AvgIpc) is 0.779. The van der Waals surface area contributed by atoms with Crippen molar-refractivity contribution in [2.45, 2.75) is 235 Å². The van der Waals surface area contributed by atoms with Crippen molar-refractivity contribution >= 4 is 35.1 Å². The Bertz CT molecular complexity index is 2710. The highest BCUT2D eigenvalue weighted by Gasteiger charge is 2.36. The number of aliphatic carboxylic acids is 2. The Labute approximate surface area is 693 Å². The lowest BCUT2D eigenvalue weighted by Crippen LogP contribution is -2.39. The van der Waals surface area contributed by atoms with Crippen molar-refractivity contribution in [3.63, 3.8) is 0 Å². The molecule has 0 aliphatic carbocycles. The summed E-state index contributed by atoms with van der Waals surface area (Å²) in [5.41, 5.74) is -4.69. The fraction of sp³-hybridized carbons (Fsp3) is 0.750. The van der Waals surface area contributed by atoms with Gasteiger partial charge in [0.25, 0.3) is 11.8 Å². The number of rotatable bonds is 82. The van der Waals surface area contributed by atoms with Crippen LogP contribution >= 0.6 is 0 Å². The molecule has 0 radical (unpaired) electrons. The minimum atomic E-state index is -2.04. The quantitative estimate of drug-likeness (QED) is 0.0382. The Morgan fingerprint density at radius 3 is 0.655 bits per heavy atom. The molecule has 0 bridgehead atoms. The minimum absolute atomic E-state index is 0.0149. The Morgan fingerprint density at radius 1 is 0.250 bits per heavy atom. The molecule has 0 aromatic heterocycles. The summed E-state index contributed by atoms with van der Waals surface area (Å²) in [7, 11) is 0. The first-order valence-electron chi connectivity index (χ1n) is 43.2. The van der Waals surface area contributed by atoms with Crippen molar-refractivity contribution in [1.82, 2.24) is 0 Å². The third-order valence-electron chi connectivity index (χ3n) is 17.9. The van der Waals surface area contributed by atoms with Gasteiger partial charge in [-0.3, -0.25) is 9.59 Å². The van der Waals surface area contributed by atoms with Crippen LogP contribution < -0.4 is 48.5 Å².